The molecule has 2 aromatic carbocycles. The van der Waals surface area contributed by atoms with Crippen LogP contribution in [0.2, 0.25) is 0 Å². The first-order valence-electron chi connectivity index (χ1n) is 13.7. The Morgan fingerprint density at radius 3 is 2.30 bits per heavy atom. The molecule has 1 atom stereocenters. The summed E-state index contributed by atoms with van der Waals surface area (Å²) in [4.78, 5) is 24.8. The molecule has 4 rings (SSSR count). The molecule has 2 N–H and O–H groups in total. The van der Waals surface area contributed by atoms with Crippen LogP contribution < -0.4 is 5.73 Å². The average molecular weight is 593 g/mol. The van der Waals surface area contributed by atoms with E-state index >= 15 is 0 Å². The van der Waals surface area contributed by atoms with Crippen molar-refractivity contribution in [2.45, 2.75) is 46.7 Å². The van der Waals surface area contributed by atoms with Gasteiger partial charge in [0.15, 0.2) is 11.6 Å². The maximum Gasteiger partial charge on any atom is 0.256 e. The van der Waals surface area contributed by atoms with Gasteiger partial charge in [-0.25, -0.2) is 18.4 Å². The van der Waals surface area contributed by atoms with Gasteiger partial charge in [-0.3, -0.25) is 14.2 Å². The van der Waals surface area contributed by atoms with E-state index in [2.05, 4.69) is 22.9 Å². The fourth-order valence-electron chi connectivity index (χ4n) is 4.58. The number of pyridine rings is 1. The van der Waals surface area contributed by atoms with Crippen LogP contribution in [0.25, 0.3) is 11.4 Å². The van der Waals surface area contributed by atoms with Crippen molar-refractivity contribution in [3.05, 3.63) is 101 Å². The zero-order chi connectivity index (χ0) is 32.2. The molecule has 0 aliphatic heterocycles. The zero-order valence-corrected chi connectivity index (χ0v) is 25.3. The maximum absolute atomic E-state index is 14.8. The van der Waals surface area contributed by atoms with Gasteiger partial charge in [-0.1, -0.05) is 51.1 Å². The monoisotopic (exact) mass is 592 g/mol. The Bertz CT molecular complexity index is 1460. The molecule has 0 radical (unpaired) electrons. The summed E-state index contributed by atoms with van der Waals surface area (Å²) < 4.78 is 40.1. The van der Waals surface area contributed by atoms with Gasteiger partial charge in [0.2, 0.25) is 0 Å². The number of aromatic nitrogens is 4. The molecule has 0 saturated carbocycles. The van der Waals surface area contributed by atoms with E-state index in [4.69, 9.17) is 10.7 Å². The lowest BCUT2D eigenvalue weighted by molar-refractivity contribution is 0.0479. The van der Waals surface area contributed by atoms with Crippen LogP contribution in [0, 0.1) is 36.8 Å². The highest BCUT2D eigenvalue weighted by atomic mass is 19.1. The lowest BCUT2D eigenvalue weighted by atomic mass is 9.84. The van der Waals surface area contributed by atoms with Gasteiger partial charge in [-0.15, -0.1) is 12.8 Å². The third-order valence-corrected chi connectivity index (χ3v) is 6.44. The van der Waals surface area contributed by atoms with Crippen molar-refractivity contribution in [1.82, 2.24) is 24.6 Å². The zero-order valence-electron chi connectivity index (χ0n) is 25.3. The van der Waals surface area contributed by atoms with Crippen LogP contribution in [0.3, 0.4) is 0 Å². The molecule has 2 aromatic heterocycles. The number of terminal acetylenes is 1. The molecule has 1 amide bonds. The number of halogens is 3. The summed E-state index contributed by atoms with van der Waals surface area (Å²) in [6, 6.07) is 15.8. The summed E-state index contributed by atoms with van der Waals surface area (Å²) in [5.74, 6) is -0.922. The summed E-state index contributed by atoms with van der Waals surface area (Å²) in [7, 11) is 0.500. The first kappa shape index (κ1) is 34.7. The normalized spacial score (nSPS) is 11.4. The predicted octanol–water partition coefficient (Wildman–Crippen LogP) is 6.39. The number of hydrogen-bond acceptors (Lipinski definition) is 5. The molecule has 0 aliphatic rings. The third kappa shape index (κ3) is 9.00. The minimum Gasteiger partial charge on any atom is -0.330 e. The smallest absolute Gasteiger partial charge is 0.256 e. The van der Waals surface area contributed by atoms with Crippen molar-refractivity contribution in [2.24, 2.45) is 11.1 Å². The second kappa shape index (κ2) is 16.2. The van der Waals surface area contributed by atoms with Gasteiger partial charge in [0.25, 0.3) is 5.91 Å². The number of hydrogen-bond donors (Lipinski definition) is 1. The van der Waals surface area contributed by atoms with E-state index in [-0.39, 0.29) is 17.3 Å². The fraction of sp³-hybridized carbons (Fsp3) is 0.333. The Balaban J connectivity index is 0.00000155. The number of alkyl halides is 1. The number of carbonyl (C=O) groups is 1. The molecule has 0 bridgehead atoms. The predicted molar refractivity (Wildman–Crippen MR) is 164 cm³/mol. The number of rotatable bonds is 9. The summed E-state index contributed by atoms with van der Waals surface area (Å²) in [6.45, 7) is 8.98. The van der Waals surface area contributed by atoms with Crippen LogP contribution in [-0.2, 0) is 6.54 Å². The Morgan fingerprint density at radius 1 is 1.05 bits per heavy atom. The summed E-state index contributed by atoms with van der Waals surface area (Å²) in [5.41, 5.74) is 7.50. The van der Waals surface area contributed by atoms with Crippen LogP contribution in [0.15, 0.2) is 66.9 Å². The van der Waals surface area contributed by atoms with Gasteiger partial charge in [0, 0.05) is 18.4 Å². The Hall–Kier alpha value is -4.49. The molecule has 2 heterocycles. The Morgan fingerprint density at radius 2 is 1.72 bits per heavy atom. The summed E-state index contributed by atoms with van der Waals surface area (Å²) >= 11 is 0. The molecule has 228 valence electrons. The minimum absolute atomic E-state index is 0.0432. The molecular formula is C33H39F3N6O. The van der Waals surface area contributed by atoms with Gasteiger partial charge >= 0.3 is 0 Å². The highest BCUT2D eigenvalue weighted by Crippen LogP contribution is 2.39. The van der Waals surface area contributed by atoms with Gasteiger partial charge in [0.1, 0.15) is 11.6 Å². The number of carbonyl (C=O) groups excluding carboxylic acids is 1. The van der Waals surface area contributed by atoms with Crippen molar-refractivity contribution in [3.8, 4) is 24.2 Å². The SMILES string of the molecule is C#C.CF.Cc1ccc(C(=O)N(CCCN)[C@@H](c2nc(-c3cc(F)ccc3F)nn2Cc2ccccc2)C(C)(C)C)cn1. The molecular weight excluding hydrogens is 553 g/mol. The van der Waals surface area contributed by atoms with E-state index in [1.807, 2.05) is 58.0 Å². The first-order valence-corrected chi connectivity index (χ1v) is 13.7. The van der Waals surface area contributed by atoms with E-state index in [1.54, 1.807) is 27.9 Å². The standard InChI is InChI=1S/C30H34F2N6O.C2H2.CH3F/c1-20-11-12-22(18-34-20)29(39)37(16-8-15-33)26(30(2,3)4)28-35-27(24-17-23(31)13-14-25(24)32)36-38(28)19-21-9-6-5-7-10-21;2*1-2/h5-7,9-14,17-18,26H,8,15-16,19,33H2,1-4H3;1-2H;1H3/t26-;;/m0../s1. The highest BCUT2D eigenvalue weighted by molar-refractivity contribution is 5.94. The van der Waals surface area contributed by atoms with Crippen LogP contribution in [0.5, 0.6) is 0 Å². The van der Waals surface area contributed by atoms with Crippen molar-refractivity contribution in [1.29, 1.82) is 0 Å². The summed E-state index contributed by atoms with van der Waals surface area (Å²) in [5, 5.41) is 4.64. The van der Waals surface area contributed by atoms with Gasteiger partial charge in [-0.2, -0.15) is 5.10 Å². The fourth-order valence-corrected chi connectivity index (χ4v) is 4.58. The second-order valence-electron chi connectivity index (χ2n) is 10.7. The lowest BCUT2D eigenvalue weighted by Gasteiger charge is -2.39. The van der Waals surface area contributed by atoms with E-state index < -0.39 is 23.1 Å². The number of nitrogens with two attached hydrogens (primary N) is 1. The van der Waals surface area contributed by atoms with Crippen molar-refractivity contribution < 1.29 is 18.0 Å². The number of nitrogens with zero attached hydrogens (tertiary/aromatic N) is 5. The quantitative estimate of drug-likeness (QED) is 0.228. The lowest BCUT2D eigenvalue weighted by Crippen LogP contribution is -2.43. The Kier molecular flexibility index (Phi) is 13.1. The molecule has 0 fully saturated rings. The average Bonchev–Trinajstić information content (AvgIpc) is 3.40. The van der Waals surface area contributed by atoms with Crippen LogP contribution in [0.1, 0.15) is 60.7 Å². The Labute approximate surface area is 252 Å². The second-order valence-corrected chi connectivity index (χ2v) is 10.7. The first-order chi connectivity index (χ1) is 20.6. The molecule has 0 saturated heterocycles. The van der Waals surface area contributed by atoms with E-state index in [0.717, 1.165) is 29.5 Å². The highest BCUT2D eigenvalue weighted by Gasteiger charge is 2.39. The largest absolute Gasteiger partial charge is 0.330 e. The molecule has 10 heteroatoms. The number of amides is 1. The van der Waals surface area contributed by atoms with Crippen molar-refractivity contribution in [2.75, 3.05) is 20.3 Å². The van der Waals surface area contributed by atoms with Crippen LogP contribution in [-0.4, -0.2) is 50.8 Å². The molecule has 7 nitrogen and oxygen atoms in total. The van der Waals surface area contributed by atoms with E-state index in [9.17, 15) is 18.0 Å². The maximum atomic E-state index is 14.8. The van der Waals surface area contributed by atoms with Gasteiger partial charge < -0.3 is 10.6 Å². The molecule has 43 heavy (non-hydrogen) atoms. The topological polar surface area (TPSA) is 89.9 Å². The van der Waals surface area contributed by atoms with Gasteiger partial charge in [-0.05, 0) is 61.2 Å². The molecule has 0 unspecified atom stereocenters. The molecule has 0 aliphatic carbocycles. The molecule has 4 aromatic rings. The number of aryl methyl sites for hydroxylation is 1. The van der Waals surface area contributed by atoms with E-state index in [1.165, 1.54) is 0 Å². The van der Waals surface area contributed by atoms with E-state index in [0.29, 0.717) is 44.6 Å². The van der Waals surface area contributed by atoms with Crippen molar-refractivity contribution in [3.63, 3.8) is 0 Å². The number of benzene rings is 2. The third-order valence-electron chi connectivity index (χ3n) is 6.44. The minimum atomic E-state index is -0.631. The van der Waals surface area contributed by atoms with Crippen LogP contribution in [0.4, 0.5) is 13.2 Å². The molecule has 0 spiro atoms. The van der Waals surface area contributed by atoms with Crippen molar-refractivity contribution >= 4 is 5.91 Å². The van der Waals surface area contributed by atoms with Gasteiger partial charge in [0.05, 0.1) is 30.9 Å². The summed E-state index contributed by atoms with van der Waals surface area (Å²) in [6.07, 6.45) is 10.1. The van der Waals surface area contributed by atoms with Crippen LogP contribution >= 0.6 is 0 Å².